The van der Waals surface area contributed by atoms with Gasteiger partial charge in [0.2, 0.25) is 0 Å². The summed E-state index contributed by atoms with van der Waals surface area (Å²) in [6.45, 7) is 0.831. The lowest BCUT2D eigenvalue weighted by Crippen LogP contribution is -2.42. The topological polar surface area (TPSA) is 98.7 Å². The molecule has 18 heavy (non-hydrogen) atoms. The number of hydrogen-bond acceptors (Lipinski definition) is 3. The smallest absolute Gasteiger partial charge is 0.314 e. The number of carboxylic acid groups (broad SMARTS) is 1. The van der Waals surface area contributed by atoms with Crippen LogP contribution in [0.4, 0.5) is 4.79 Å². The van der Waals surface area contributed by atoms with Gasteiger partial charge in [0.05, 0.1) is 6.10 Å². The van der Waals surface area contributed by atoms with Crippen molar-refractivity contribution >= 4 is 12.0 Å². The normalized spacial score (nSPS) is 23.4. The predicted octanol–water partition coefficient (Wildman–Crippen LogP) is 0.701. The highest BCUT2D eigenvalue weighted by Crippen LogP contribution is 2.23. The maximum Gasteiger partial charge on any atom is 0.314 e. The fraction of sp³-hybridized carbons (Fsp3) is 0.833. The van der Waals surface area contributed by atoms with Crippen LogP contribution >= 0.6 is 0 Å². The summed E-state index contributed by atoms with van der Waals surface area (Å²) in [6, 6.07) is -0.293. The van der Waals surface area contributed by atoms with Gasteiger partial charge in [-0.3, -0.25) is 4.79 Å². The van der Waals surface area contributed by atoms with Crippen molar-refractivity contribution in [1.82, 2.24) is 10.6 Å². The summed E-state index contributed by atoms with van der Waals surface area (Å²) in [6.07, 6.45) is 4.08. The molecule has 1 rings (SSSR count). The summed E-state index contributed by atoms with van der Waals surface area (Å²) < 4.78 is 0. The van der Waals surface area contributed by atoms with E-state index in [1.54, 1.807) is 0 Å². The number of carbonyl (C=O) groups excluding carboxylic acids is 1. The van der Waals surface area contributed by atoms with E-state index in [1.165, 1.54) is 0 Å². The van der Waals surface area contributed by atoms with Gasteiger partial charge in [-0.2, -0.15) is 0 Å². The van der Waals surface area contributed by atoms with Gasteiger partial charge in [0.15, 0.2) is 0 Å². The number of carbonyl (C=O) groups is 2. The van der Waals surface area contributed by atoms with Crippen LogP contribution < -0.4 is 10.6 Å². The molecule has 1 aliphatic carbocycles. The van der Waals surface area contributed by atoms with Crippen LogP contribution in [0.5, 0.6) is 0 Å². The predicted molar refractivity (Wildman–Crippen MR) is 66.2 cm³/mol. The molecule has 0 bridgehead atoms. The Morgan fingerprint density at radius 2 is 1.89 bits per heavy atom. The van der Waals surface area contributed by atoms with E-state index in [9.17, 15) is 14.7 Å². The third kappa shape index (κ3) is 5.86. The second-order valence-electron chi connectivity index (χ2n) is 4.75. The molecule has 0 radical (unpaired) electrons. The maximum atomic E-state index is 11.4. The number of carboxylic acids is 1. The Morgan fingerprint density at radius 1 is 1.17 bits per heavy atom. The van der Waals surface area contributed by atoms with Crippen LogP contribution in [0.15, 0.2) is 0 Å². The molecule has 0 heterocycles. The number of aliphatic carboxylic acids is 1. The van der Waals surface area contributed by atoms with Gasteiger partial charge in [-0.15, -0.1) is 0 Å². The highest BCUT2D eigenvalue weighted by atomic mass is 16.4. The first-order chi connectivity index (χ1) is 8.59. The first-order valence-electron chi connectivity index (χ1n) is 6.51. The van der Waals surface area contributed by atoms with Crippen LogP contribution in [-0.4, -0.2) is 41.4 Å². The minimum atomic E-state index is -0.859. The summed E-state index contributed by atoms with van der Waals surface area (Å²) in [5, 5.41) is 23.5. The Balaban J connectivity index is 2.07. The van der Waals surface area contributed by atoms with Crippen LogP contribution in [0.1, 0.15) is 38.5 Å². The van der Waals surface area contributed by atoms with Crippen molar-refractivity contribution in [2.45, 2.75) is 44.6 Å². The number of hydrogen-bond donors (Lipinski definition) is 4. The molecule has 0 aromatic heterocycles. The Kier molecular flexibility index (Phi) is 6.49. The Hall–Kier alpha value is -1.30. The summed E-state index contributed by atoms with van der Waals surface area (Å²) in [7, 11) is 0. The molecular weight excluding hydrogens is 236 g/mol. The van der Waals surface area contributed by atoms with Gasteiger partial charge >= 0.3 is 12.0 Å². The number of aliphatic hydroxyl groups excluding tert-OH is 1. The fourth-order valence-electron chi connectivity index (χ4n) is 2.15. The monoisotopic (exact) mass is 258 g/mol. The molecule has 1 fully saturated rings. The highest BCUT2D eigenvalue weighted by molar-refractivity contribution is 5.73. The number of nitrogens with one attached hydrogen (secondary N) is 2. The van der Waals surface area contributed by atoms with Gasteiger partial charge in [0.1, 0.15) is 0 Å². The van der Waals surface area contributed by atoms with E-state index in [4.69, 9.17) is 5.11 Å². The van der Waals surface area contributed by atoms with Crippen LogP contribution in [0.25, 0.3) is 0 Å². The zero-order valence-electron chi connectivity index (χ0n) is 10.5. The van der Waals surface area contributed by atoms with Crippen molar-refractivity contribution in [3.8, 4) is 0 Å². The van der Waals surface area contributed by atoms with Crippen molar-refractivity contribution in [2.24, 2.45) is 5.92 Å². The highest BCUT2D eigenvalue weighted by Gasteiger charge is 2.23. The fourth-order valence-corrected chi connectivity index (χ4v) is 2.15. The second kappa shape index (κ2) is 7.92. The molecule has 1 aliphatic rings. The SMILES string of the molecule is O=C(O)CCCNC(=O)NC[C@@H]1CCCC[C@H]1O. The minimum Gasteiger partial charge on any atom is -0.481 e. The zero-order chi connectivity index (χ0) is 13.4. The lowest BCUT2D eigenvalue weighted by molar-refractivity contribution is -0.137. The van der Waals surface area contributed by atoms with Crippen LogP contribution in [-0.2, 0) is 4.79 Å². The Labute approximate surface area is 107 Å². The molecule has 0 aromatic carbocycles. The quantitative estimate of drug-likeness (QED) is 0.527. The van der Waals surface area contributed by atoms with E-state index in [1.807, 2.05) is 0 Å². The summed E-state index contributed by atoms with van der Waals surface area (Å²) >= 11 is 0. The van der Waals surface area contributed by atoms with Crippen molar-refractivity contribution in [1.29, 1.82) is 0 Å². The molecule has 0 aliphatic heterocycles. The van der Waals surface area contributed by atoms with Gasteiger partial charge in [0.25, 0.3) is 0 Å². The largest absolute Gasteiger partial charge is 0.481 e. The maximum absolute atomic E-state index is 11.4. The van der Waals surface area contributed by atoms with Crippen molar-refractivity contribution in [3.63, 3.8) is 0 Å². The standard InChI is InChI=1S/C12H22N2O4/c15-10-5-2-1-4-9(10)8-14-12(18)13-7-3-6-11(16)17/h9-10,15H,1-8H2,(H,16,17)(H2,13,14,18)/t9-,10+/m0/s1. The van der Waals surface area contributed by atoms with Gasteiger partial charge in [-0.1, -0.05) is 12.8 Å². The van der Waals surface area contributed by atoms with Crippen molar-refractivity contribution in [3.05, 3.63) is 0 Å². The number of aliphatic hydroxyl groups is 1. The summed E-state index contributed by atoms with van der Waals surface area (Å²) in [4.78, 5) is 21.6. The molecule has 0 spiro atoms. The first-order valence-corrected chi connectivity index (χ1v) is 6.51. The molecule has 0 unspecified atom stereocenters. The minimum absolute atomic E-state index is 0.0572. The summed E-state index contributed by atoms with van der Waals surface area (Å²) in [5.74, 6) is -0.717. The zero-order valence-corrected chi connectivity index (χ0v) is 10.5. The third-order valence-electron chi connectivity index (χ3n) is 3.25. The van der Waals surface area contributed by atoms with E-state index in [0.717, 1.165) is 25.7 Å². The van der Waals surface area contributed by atoms with E-state index in [0.29, 0.717) is 19.5 Å². The second-order valence-corrected chi connectivity index (χ2v) is 4.75. The molecule has 1 saturated carbocycles. The van der Waals surface area contributed by atoms with Crippen molar-refractivity contribution in [2.75, 3.05) is 13.1 Å². The number of amides is 2. The third-order valence-corrected chi connectivity index (χ3v) is 3.25. The lowest BCUT2D eigenvalue weighted by Gasteiger charge is -2.27. The molecular formula is C12H22N2O4. The van der Waals surface area contributed by atoms with Crippen LogP contribution in [0.2, 0.25) is 0 Å². The average Bonchev–Trinajstić information content (AvgIpc) is 2.33. The van der Waals surface area contributed by atoms with Gasteiger partial charge < -0.3 is 20.8 Å². The van der Waals surface area contributed by atoms with Crippen molar-refractivity contribution < 1.29 is 19.8 Å². The number of urea groups is 1. The summed E-state index contributed by atoms with van der Waals surface area (Å²) in [5.41, 5.74) is 0. The Bertz CT molecular complexity index is 283. The molecule has 6 nitrogen and oxygen atoms in total. The Morgan fingerprint density at radius 3 is 2.56 bits per heavy atom. The van der Waals surface area contributed by atoms with Gasteiger partial charge in [-0.05, 0) is 19.3 Å². The van der Waals surface area contributed by atoms with E-state index >= 15 is 0 Å². The molecule has 4 N–H and O–H groups in total. The lowest BCUT2D eigenvalue weighted by atomic mass is 9.86. The number of rotatable bonds is 6. The van der Waals surface area contributed by atoms with Crippen LogP contribution in [0.3, 0.4) is 0 Å². The molecule has 2 atom stereocenters. The van der Waals surface area contributed by atoms with Crippen LogP contribution in [0, 0.1) is 5.92 Å². The van der Waals surface area contributed by atoms with Gasteiger partial charge in [0, 0.05) is 25.4 Å². The molecule has 6 heteroatoms. The van der Waals surface area contributed by atoms with Gasteiger partial charge in [-0.25, -0.2) is 4.79 Å². The van der Waals surface area contributed by atoms with E-state index in [-0.39, 0.29) is 24.5 Å². The molecule has 0 aromatic rings. The van der Waals surface area contributed by atoms with E-state index < -0.39 is 5.97 Å². The first kappa shape index (κ1) is 14.8. The van der Waals surface area contributed by atoms with E-state index in [2.05, 4.69) is 10.6 Å². The average molecular weight is 258 g/mol. The molecule has 104 valence electrons. The molecule has 2 amide bonds. The molecule has 0 saturated heterocycles.